The van der Waals surface area contributed by atoms with E-state index in [0.29, 0.717) is 5.56 Å². The average molecular weight is 267 g/mol. The van der Waals surface area contributed by atoms with Crippen molar-refractivity contribution in [1.82, 2.24) is 0 Å². The number of fused-ring (bicyclic) bond motifs is 1. The first-order valence-corrected chi connectivity index (χ1v) is 5.07. The van der Waals surface area contributed by atoms with Crippen LogP contribution >= 0.6 is 15.9 Å². The smallest absolute Gasteiger partial charge is 0.341 e. The molecule has 4 heteroatoms. The van der Waals surface area contributed by atoms with Crippen LogP contribution in [0.3, 0.4) is 0 Å². The molecule has 0 aliphatic heterocycles. The molecule has 1 aliphatic carbocycles. The van der Waals surface area contributed by atoms with E-state index in [1.165, 1.54) is 7.11 Å². The number of Topliss-reactive ketones (excluding diaryl/α,β-unsaturated/α-hetero) is 1. The van der Waals surface area contributed by atoms with Crippen molar-refractivity contribution in [3.05, 3.63) is 39.4 Å². The highest BCUT2D eigenvalue weighted by atomic mass is 79.9. The van der Waals surface area contributed by atoms with Crippen molar-refractivity contribution in [3.63, 3.8) is 0 Å². The van der Waals surface area contributed by atoms with Gasteiger partial charge in [0.2, 0.25) is 5.78 Å². The van der Waals surface area contributed by atoms with Gasteiger partial charge in [-0.1, -0.05) is 28.1 Å². The van der Waals surface area contributed by atoms with Crippen LogP contribution in [0.2, 0.25) is 0 Å². The van der Waals surface area contributed by atoms with Gasteiger partial charge in [0.05, 0.1) is 7.11 Å². The largest absolute Gasteiger partial charge is 0.465 e. The number of benzene rings is 1. The molecule has 3 nitrogen and oxygen atoms in total. The molecule has 0 bridgehead atoms. The zero-order valence-electron chi connectivity index (χ0n) is 7.91. The second-order valence-electron chi connectivity index (χ2n) is 3.08. The number of hydrogen-bond donors (Lipinski definition) is 0. The first-order valence-electron chi connectivity index (χ1n) is 4.28. The number of ketones is 1. The summed E-state index contributed by atoms with van der Waals surface area (Å²) in [4.78, 5) is 23.0. The Balaban J connectivity index is 2.54. The Morgan fingerprint density at radius 3 is 2.73 bits per heavy atom. The van der Waals surface area contributed by atoms with Gasteiger partial charge in [0.15, 0.2) is 0 Å². The molecular weight excluding hydrogens is 260 g/mol. The van der Waals surface area contributed by atoms with E-state index < -0.39 is 5.97 Å². The van der Waals surface area contributed by atoms with Crippen LogP contribution in [0.1, 0.15) is 15.9 Å². The molecule has 0 atom stereocenters. The highest BCUT2D eigenvalue weighted by Gasteiger charge is 2.29. The molecule has 1 aromatic rings. The van der Waals surface area contributed by atoms with E-state index in [1.54, 1.807) is 18.2 Å². The zero-order chi connectivity index (χ0) is 11.0. The van der Waals surface area contributed by atoms with Gasteiger partial charge < -0.3 is 4.74 Å². The summed E-state index contributed by atoms with van der Waals surface area (Å²) in [5.74, 6) is -0.874. The van der Waals surface area contributed by atoms with Crippen LogP contribution in [0.4, 0.5) is 0 Å². The van der Waals surface area contributed by atoms with Crippen LogP contribution in [-0.4, -0.2) is 18.9 Å². The lowest BCUT2D eigenvalue weighted by Gasteiger charge is -1.98. The summed E-state index contributed by atoms with van der Waals surface area (Å²) in [5.41, 5.74) is 1.35. The summed E-state index contributed by atoms with van der Waals surface area (Å²) in [5, 5.41) is 0. The van der Waals surface area contributed by atoms with Gasteiger partial charge in [-0.25, -0.2) is 4.79 Å². The number of ether oxygens (including phenoxy) is 1. The first kappa shape index (κ1) is 10.1. The van der Waals surface area contributed by atoms with E-state index in [0.717, 1.165) is 10.0 Å². The number of carbonyl (C=O) groups is 2. The number of hydrogen-bond acceptors (Lipinski definition) is 3. The lowest BCUT2D eigenvalue weighted by atomic mass is 10.1. The van der Waals surface area contributed by atoms with Gasteiger partial charge in [-0.2, -0.15) is 0 Å². The Kier molecular flexibility index (Phi) is 2.44. The van der Waals surface area contributed by atoms with Crippen LogP contribution in [0.5, 0.6) is 0 Å². The molecule has 0 saturated carbocycles. The molecule has 0 radical (unpaired) electrons. The van der Waals surface area contributed by atoms with Gasteiger partial charge >= 0.3 is 5.97 Å². The predicted molar refractivity (Wildman–Crippen MR) is 58.5 cm³/mol. The summed E-state index contributed by atoms with van der Waals surface area (Å²) < 4.78 is 5.33. The number of methoxy groups -OCH3 is 1. The van der Waals surface area contributed by atoms with Crippen molar-refractivity contribution < 1.29 is 14.3 Å². The molecule has 0 amide bonds. The van der Waals surface area contributed by atoms with E-state index in [1.807, 2.05) is 6.07 Å². The van der Waals surface area contributed by atoms with E-state index in [4.69, 9.17) is 0 Å². The van der Waals surface area contributed by atoms with Gasteiger partial charge in [-0.15, -0.1) is 0 Å². The summed E-state index contributed by atoms with van der Waals surface area (Å²) in [6, 6.07) is 5.27. The summed E-state index contributed by atoms with van der Waals surface area (Å²) in [6.07, 6.45) is 1.55. The molecular formula is C11H7BrO3. The molecule has 0 aromatic heterocycles. The maximum absolute atomic E-state index is 11.8. The van der Waals surface area contributed by atoms with Crippen molar-refractivity contribution in [2.45, 2.75) is 0 Å². The Hall–Kier alpha value is -1.42. The molecule has 1 aliphatic rings. The monoisotopic (exact) mass is 266 g/mol. The quantitative estimate of drug-likeness (QED) is 0.578. The summed E-state index contributed by atoms with van der Waals surface area (Å²) in [7, 11) is 1.26. The fourth-order valence-corrected chi connectivity index (χ4v) is 1.98. The molecule has 76 valence electrons. The Morgan fingerprint density at radius 2 is 2.13 bits per heavy atom. The van der Waals surface area contributed by atoms with Gasteiger partial charge in [-0.3, -0.25) is 4.79 Å². The van der Waals surface area contributed by atoms with Crippen molar-refractivity contribution in [2.75, 3.05) is 7.11 Å². The highest BCUT2D eigenvalue weighted by Crippen LogP contribution is 2.31. The number of esters is 1. The van der Waals surface area contributed by atoms with E-state index in [-0.39, 0.29) is 11.4 Å². The molecule has 15 heavy (non-hydrogen) atoms. The fourth-order valence-electron chi connectivity index (χ4n) is 1.50. The predicted octanol–water partition coefficient (Wildman–Crippen LogP) is 2.20. The van der Waals surface area contributed by atoms with E-state index >= 15 is 0 Å². The van der Waals surface area contributed by atoms with Crippen LogP contribution < -0.4 is 0 Å². The highest BCUT2D eigenvalue weighted by molar-refractivity contribution is 9.10. The third kappa shape index (κ3) is 1.51. The molecule has 0 unspecified atom stereocenters. The molecule has 2 rings (SSSR count). The maximum Gasteiger partial charge on any atom is 0.341 e. The summed E-state index contributed by atoms with van der Waals surface area (Å²) >= 11 is 3.32. The van der Waals surface area contributed by atoms with Crippen LogP contribution in [-0.2, 0) is 9.53 Å². The van der Waals surface area contributed by atoms with Crippen molar-refractivity contribution in [2.24, 2.45) is 0 Å². The fraction of sp³-hybridized carbons (Fsp3) is 0.0909. The summed E-state index contributed by atoms with van der Waals surface area (Å²) in [6.45, 7) is 0. The second-order valence-corrected chi connectivity index (χ2v) is 3.93. The number of halogens is 1. The van der Waals surface area contributed by atoms with Crippen molar-refractivity contribution >= 4 is 33.8 Å². The molecule has 0 spiro atoms. The van der Waals surface area contributed by atoms with Gasteiger partial charge in [-0.05, 0) is 12.1 Å². The molecule has 1 aromatic carbocycles. The van der Waals surface area contributed by atoms with E-state index in [2.05, 4.69) is 20.7 Å². The SMILES string of the molecule is COC(=O)C1=Cc2c(Br)cccc2C1=O. The number of carbonyl (C=O) groups excluding carboxylic acids is 2. The van der Waals surface area contributed by atoms with Crippen molar-refractivity contribution in [1.29, 1.82) is 0 Å². The van der Waals surface area contributed by atoms with Crippen LogP contribution in [0.15, 0.2) is 28.2 Å². The van der Waals surface area contributed by atoms with Gasteiger partial charge in [0, 0.05) is 15.6 Å². The standard InChI is InChI=1S/C11H7BrO3/c1-15-11(14)8-5-7-6(10(8)13)3-2-4-9(7)12/h2-5H,1H3. The third-order valence-electron chi connectivity index (χ3n) is 2.24. The molecule has 0 N–H and O–H groups in total. The van der Waals surface area contributed by atoms with Crippen molar-refractivity contribution in [3.8, 4) is 0 Å². The zero-order valence-corrected chi connectivity index (χ0v) is 9.50. The molecule has 0 heterocycles. The topological polar surface area (TPSA) is 43.4 Å². The normalized spacial score (nSPS) is 13.5. The van der Waals surface area contributed by atoms with E-state index in [9.17, 15) is 9.59 Å². The van der Waals surface area contributed by atoms with Gasteiger partial charge in [0.25, 0.3) is 0 Å². The van der Waals surface area contributed by atoms with Gasteiger partial charge in [0.1, 0.15) is 5.57 Å². The third-order valence-corrected chi connectivity index (χ3v) is 2.93. The first-order chi connectivity index (χ1) is 7.15. The molecule has 0 fully saturated rings. The van der Waals surface area contributed by atoms with Crippen LogP contribution in [0.25, 0.3) is 6.08 Å². The second kappa shape index (κ2) is 3.62. The Morgan fingerprint density at radius 1 is 1.40 bits per heavy atom. The Bertz CT molecular complexity index is 489. The maximum atomic E-state index is 11.8. The lowest BCUT2D eigenvalue weighted by Crippen LogP contribution is -2.10. The minimum atomic E-state index is -0.594. The number of rotatable bonds is 1. The van der Waals surface area contributed by atoms with Crippen LogP contribution in [0, 0.1) is 0 Å². The Labute approximate surface area is 94.9 Å². The average Bonchev–Trinajstić information content (AvgIpc) is 2.57. The minimum absolute atomic E-state index is 0.0828. The molecule has 0 saturated heterocycles. The minimum Gasteiger partial charge on any atom is -0.465 e. The lowest BCUT2D eigenvalue weighted by molar-refractivity contribution is -0.135.